The van der Waals surface area contributed by atoms with Gasteiger partial charge in [-0.15, -0.1) is 10.1 Å². The van der Waals surface area contributed by atoms with Crippen LogP contribution in [0.3, 0.4) is 0 Å². The van der Waals surface area contributed by atoms with Crippen LogP contribution in [0.25, 0.3) is 0 Å². The molecule has 0 aliphatic heterocycles. The van der Waals surface area contributed by atoms with Gasteiger partial charge in [-0.1, -0.05) is 0 Å². The molecule has 0 saturated carbocycles. The molecule has 5 heteroatoms. The fourth-order valence-corrected chi connectivity index (χ4v) is 0. The van der Waals surface area contributed by atoms with Gasteiger partial charge in [0.2, 0.25) is 0 Å². The monoisotopic (exact) mass is 108 g/mol. The molecule has 27 valence electrons. The molecular formula is HNO3Sc. The van der Waals surface area contributed by atoms with Gasteiger partial charge >= 0.3 is 0 Å². The van der Waals surface area contributed by atoms with Crippen LogP contribution in [0.2, 0.25) is 0 Å². The summed E-state index contributed by atoms with van der Waals surface area (Å²) in [6.45, 7) is 0. The van der Waals surface area contributed by atoms with Gasteiger partial charge in [-0.3, -0.25) is 0 Å². The molecule has 0 saturated heterocycles. The van der Waals surface area contributed by atoms with E-state index in [1.807, 2.05) is 0 Å². The summed E-state index contributed by atoms with van der Waals surface area (Å²) in [6.07, 6.45) is 0. The Labute approximate surface area is 46.7 Å². The molecule has 5 heavy (non-hydrogen) atoms. The Morgan fingerprint density at radius 3 is 1.80 bits per heavy atom. The third kappa shape index (κ3) is 3550. The quantitative estimate of drug-likeness (QED) is 0.340. The average Bonchev–Trinajstić information content (AvgIpc) is 0.811. The van der Waals surface area contributed by atoms with Gasteiger partial charge in [0.1, 0.15) is 0 Å². The second-order valence-corrected chi connectivity index (χ2v) is 0.238. The normalized spacial score (nSPS) is 4.80. The van der Waals surface area contributed by atoms with E-state index in [1.54, 1.807) is 0 Å². The minimum absolute atomic E-state index is 0. The molecule has 0 aliphatic rings. The first-order valence-corrected chi connectivity index (χ1v) is 0.565. The Balaban J connectivity index is 0. The second kappa shape index (κ2) is 4.07. The molecule has 0 rings (SSSR count). The summed E-state index contributed by atoms with van der Waals surface area (Å²) in [4.78, 5) is 8.36. The Kier molecular flexibility index (Phi) is 7.25. The van der Waals surface area contributed by atoms with Gasteiger partial charge in [-0.05, 0) is 0 Å². The van der Waals surface area contributed by atoms with E-state index in [0.29, 0.717) is 0 Å². The van der Waals surface area contributed by atoms with Crippen molar-refractivity contribution >= 4 is 0 Å². The first-order valence-electron chi connectivity index (χ1n) is 0.565. The average molecular weight is 108 g/mol. The van der Waals surface area contributed by atoms with E-state index in [2.05, 4.69) is 0 Å². The van der Waals surface area contributed by atoms with Gasteiger partial charge < -0.3 is 5.21 Å². The second-order valence-electron chi connectivity index (χ2n) is 0.238. The van der Waals surface area contributed by atoms with Crippen LogP contribution >= 0.6 is 0 Å². The summed E-state index contributed by atoms with van der Waals surface area (Å²) in [7, 11) is 0. The summed E-state index contributed by atoms with van der Waals surface area (Å²) in [5, 5.41) is 13.6. The fraction of sp³-hybridized carbons (Fsp3) is 0. The standard InChI is InChI=1S/HNO3.Sc/c2-1(3)4;/h(H,2,3,4);. The van der Waals surface area contributed by atoms with Crippen molar-refractivity contribution in [2.75, 3.05) is 0 Å². The maximum atomic E-state index is 8.36. The van der Waals surface area contributed by atoms with Gasteiger partial charge in [0.05, 0.1) is 0 Å². The van der Waals surface area contributed by atoms with Crippen LogP contribution in [0.4, 0.5) is 0 Å². The van der Waals surface area contributed by atoms with E-state index in [9.17, 15) is 0 Å². The number of nitrogens with zero attached hydrogens (tertiary/aromatic N) is 1. The zero-order chi connectivity index (χ0) is 3.58. The van der Waals surface area contributed by atoms with Gasteiger partial charge in [-0.25, -0.2) is 0 Å². The minimum Gasteiger partial charge on any atom is -0.328 e. The van der Waals surface area contributed by atoms with Crippen molar-refractivity contribution in [2.24, 2.45) is 0 Å². The van der Waals surface area contributed by atoms with E-state index < -0.39 is 5.09 Å². The van der Waals surface area contributed by atoms with Crippen molar-refractivity contribution < 1.29 is 36.1 Å². The maximum absolute atomic E-state index is 8.36. The Morgan fingerprint density at radius 1 is 1.80 bits per heavy atom. The van der Waals surface area contributed by atoms with E-state index in [-0.39, 0.29) is 25.8 Å². The maximum Gasteiger partial charge on any atom is 0.291 e. The smallest absolute Gasteiger partial charge is 0.291 e. The minimum atomic E-state index is -1.50. The molecule has 0 bridgehead atoms. The van der Waals surface area contributed by atoms with Crippen LogP contribution in [-0.2, 0) is 25.8 Å². The molecule has 0 spiro atoms. The zero-order valence-electron chi connectivity index (χ0n) is 2.29. The zero-order valence-corrected chi connectivity index (χ0v) is 4.09. The van der Waals surface area contributed by atoms with E-state index in [0.717, 1.165) is 0 Å². The van der Waals surface area contributed by atoms with Gasteiger partial charge in [0.15, 0.2) is 0 Å². The van der Waals surface area contributed by atoms with Crippen LogP contribution in [0.15, 0.2) is 0 Å². The third-order valence-corrected chi connectivity index (χ3v) is 0. The summed E-state index contributed by atoms with van der Waals surface area (Å²) in [5.74, 6) is 0. The molecule has 0 aromatic heterocycles. The van der Waals surface area contributed by atoms with Crippen LogP contribution in [0.5, 0.6) is 0 Å². The van der Waals surface area contributed by atoms with Crippen molar-refractivity contribution in [3.63, 3.8) is 0 Å². The van der Waals surface area contributed by atoms with E-state index >= 15 is 0 Å². The van der Waals surface area contributed by atoms with Gasteiger partial charge in [0, 0.05) is 25.8 Å². The Hall–Kier alpha value is 0.0701. The fourth-order valence-electron chi connectivity index (χ4n) is 0. The van der Waals surface area contributed by atoms with Crippen molar-refractivity contribution in [3.8, 4) is 0 Å². The predicted octanol–water partition coefficient (Wildman–Crippen LogP) is -0.350. The van der Waals surface area contributed by atoms with Gasteiger partial charge in [0.25, 0.3) is 5.09 Å². The largest absolute Gasteiger partial charge is 0.328 e. The molecule has 1 radical (unpaired) electrons. The van der Waals surface area contributed by atoms with Crippen LogP contribution in [0, 0.1) is 10.1 Å². The van der Waals surface area contributed by atoms with Crippen LogP contribution < -0.4 is 0 Å². The number of hydrogen-bond acceptors (Lipinski definition) is 2. The van der Waals surface area contributed by atoms with Crippen molar-refractivity contribution in [1.82, 2.24) is 0 Å². The van der Waals surface area contributed by atoms with E-state index in [4.69, 9.17) is 15.3 Å². The first kappa shape index (κ1) is 8.91. The molecule has 4 nitrogen and oxygen atoms in total. The van der Waals surface area contributed by atoms with Crippen molar-refractivity contribution in [3.05, 3.63) is 10.1 Å². The Morgan fingerprint density at radius 2 is 1.80 bits per heavy atom. The molecule has 0 atom stereocenters. The molecule has 0 fully saturated rings. The Bertz CT molecular complexity index is 29.9. The topological polar surface area (TPSA) is 63.4 Å². The molecule has 0 unspecified atom stereocenters. The summed E-state index contributed by atoms with van der Waals surface area (Å²) in [5.41, 5.74) is 0. The van der Waals surface area contributed by atoms with Crippen LogP contribution in [0.1, 0.15) is 0 Å². The van der Waals surface area contributed by atoms with Crippen molar-refractivity contribution in [1.29, 1.82) is 0 Å². The molecular weight excluding hydrogens is 107 g/mol. The van der Waals surface area contributed by atoms with E-state index in [1.165, 1.54) is 0 Å². The molecule has 0 aliphatic carbocycles. The van der Waals surface area contributed by atoms with Crippen LogP contribution in [-0.4, -0.2) is 10.3 Å². The molecule has 0 aromatic carbocycles. The summed E-state index contributed by atoms with van der Waals surface area (Å²) in [6, 6.07) is 0. The van der Waals surface area contributed by atoms with Gasteiger partial charge in [-0.2, -0.15) is 0 Å². The molecule has 0 heterocycles. The molecule has 0 aromatic rings. The summed E-state index contributed by atoms with van der Waals surface area (Å²) < 4.78 is 0. The predicted molar refractivity (Wildman–Crippen MR) is 8.78 cm³/mol. The summed E-state index contributed by atoms with van der Waals surface area (Å²) >= 11 is 0. The SMILES string of the molecule is O=[N+]([O-])O.[Sc]. The number of rotatable bonds is 0. The molecule has 1 N–H and O–H groups in total. The third-order valence-electron chi connectivity index (χ3n) is 0. The number of hydrogen-bond donors (Lipinski definition) is 1. The first-order chi connectivity index (χ1) is 1.73. The van der Waals surface area contributed by atoms with Crippen molar-refractivity contribution in [2.45, 2.75) is 0 Å². The molecule has 0 amide bonds.